The van der Waals surface area contributed by atoms with Crippen LogP contribution in [-0.2, 0) is 23.9 Å². The highest BCUT2D eigenvalue weighted by Gasteiger charge is 2.35. The number of hydrogen-bond acceptors (Lipinski definition) is 8. The van der Waals surface area contributed by atoms with E-state index in [4.69, 9.17) is 0 Å². The van der Waals surface area contributed by atoms with E-state index in [9.17, 15) is 34.5 Å². The Labute approximate surface area is 131 Å². The second kappa shape index (κ2) is 9.71. The smallest absolute Gasteiger partial charge is 0.309 e. The number of quaternary nitrogens is 2. The fourth-order valence-electron chi connectivity index (χ4n) is 1.51. The molecule has 0 bridgehead atoms. The largest absolute Gasteiger partial charge is 0.547 e. The minimum atomic E-state index is -2.72. The van der Waals surface area contributed by atoms with Crippen LogP contribution >= 0.6 is 0 Å². The van der Waals surface area contributed by atoms with Gasteiger partial charge in [-0.05, 0) is 0 Å². The van der Waals surface area contributed by atoms with Gasteiger partial charge in [-0.1, -0.05) is 0 Å². The van der Waals surface area contributed by atoms with E-state index in [2.05, 4.69) is 21.5 Å². The van der Waals surface area contributed by atoms with Crippen LogP contribution in [0, 0.1) is 0 Å². The summed E-state index contributed by atoms with van der Waals surface area (Å²) in [5, 5.41) is 33.5. The maximum Gasteiger partial charge on any atom is 0.309 e. The molecule has 2 atom stereocenters. The number of hydrogen-bond donors (Lipinski definition) is 4. The van der Waals surface area contributed by atoms with Crippen molar-refractivity contribution in [3.63, 3.8) is 0 Å². The summed E-state index contributed by atoms with van der Waals surface area (Å²) in [6, 6.07) is -1.05. The summed E-state index contributed by atoms with van der Waals surface area (Å²) in [7, 11) is 0. The fraction of sp³-hybridized carbons (Fsp3) is 0.667. The van der Waals surface area contributed by atoms with Crippen molar-refractivity contribution in [2.75, 3.05) is 19.7 Å². The molecule has 0 heterocycles. The number of carbonyl (C=O) groups excluding carboxylic acids is 4. The summed E-state index contributed by atoms with van der Waals surface area (Å²) < 4.78 is 4.59. The average Bonchev–Trinajstić information content (AvgIpc) is 2.44. The molecule has 0 aliphatic rings. The summed E-state index contributed by atoms with van der Waals surface area (Å²) in [5.41, 5.74) is 3.96. The molecule has 132 valence electrons. The number of ether oxygens (including phenoxy) is 1. The molecule has 0 aliphatic carbocycles. The zero-order chi connectivity index (χ0) is 18.0. The first-order valence-corrected chi connectivity index (χ1v) is 6.81. The second-order valence-corrected chi connectivity index (χ2v) is 4.90. The van der Waals surface area contributed by atoms with E-state index in [1.165, 1.54) is 0 Å². The van der Waals surface area contributed by atoms with Crippen LogP contribution in [0.4, 0.5) is 0 Å². The van der Waals surface area contributed by atoms with Gasteiger partial charge in [0, 0.05) is 13.0 Å². The van der Waals surface area contributed by atoms with Gasteiger partial charge in [-0.2, -0.15) is 0 Å². The maximum atomic E-state index is 11.6. The first-order valence-electron chi connectivity index (χ1n) is 6.81. The molecule has 0 saturated carbocycles. The van der Waals surface area contributed by atoms with Gasteiger partial charge in [0.05, 0.1) is 24.8 Å². The van der Waals surface area contributed by atoms with Crippen LogP contribution in [0.15, 0.2) is 0 Å². The van der Waals surface area contributed by atoms with Gasteiger partial charge in [0.1, 0.15) is 24.8 Å². The van der Waals surface area contributed by atoms with Crippen molar-refractivity contribution in [1.82, 2.24) is 5.32 Å². The lowest BCUT2D eigenvalue weighted by Gasteiger charge is -2.27. The predicted octanol–water partition coefficient (Wildman–Crippen LogP) is -7.10. The minimum absolute atomic E-state index is 0.0383. The zero-order valence-corrected chi connectivity index (χ0v) is 12.5. The molecule has 2 unspecified atom stereocenters. The first kappa shape index (κ1) is 20.8. The van der Waals surface area contributed by atoms with E-state index in [1.807, 2.05) is 0 Å². The van der Waals surface area contributed by atoms with E-state index in [-0.39, 0.29) is 26.1 Å². The number of nitrogens with one attached hydrogen (secondary N) is 1. The van der Waals surface area contributed by atoms with Crippen LogP contribution < -0.4 is 27.0 Å². The highest BCUT2D eigenvalue weighted by atomic mass is 16.5. The molecule has 0 fully saturated rings. The third kappa shape index (κ3) is 8.09. The second-order valence-electron chi connectivity index (χ2n) is 4.90. The molecule has 0 spiro atoms. The van der Waals surface area contributed by atoms with Crippen molar-refractivity contribution >= 4 is 23.8 Å². The number of amides is 1. The SMILES string of the molecule is [NH3+]CCOC(=O)CC(O)(CC(=O)NCCC([NH3+])C(=O)[O-])C(=O)[O-]. The Hall–Kier alpha value is -2.24. The van der Waals surface area contributed by atoms with Gasteiger partial charge in [0.2, 0.25) is 5.91 Å². The Balaban J connectivity index is 4.50. The molecule has 0 radical (unpaired) electrons. The number of aliphatic carboxylic acids is 2. The Morgan fingerprint density at radius 1 is 1.22 bits per heavy atom. The summed E-state index contributed by atoms with van der Waals surface area (Å²) in [4.78, 5) is 44.4. The number of carboxylic acids is 2. The molecule has 8 N–H and O–H groups in total. The van der Waals surface area contributed by atoms with Crippen molar-refractivity contribution in [3.05, 3.63) is 0 Å². The van der Waals surface area contributed by atoms with Gasteiger partial charge >= 0.3 is 5.97 Å². The van der Waals surface area contributed by atoms with Crippen LogP contribution in [-0.4, -0.2) is 60.3 Å². The minimum Gasteiger partial charge on any atom is -0.547 e. The lowest BCUT2D eigenvalue weighted by Crippen LogP contribution is -2.68. The quantitative estimate of drug-likeness (QED) is 0.266. The number of carboxylic acid groups (broad SMARTS) is 2. The Bertz CT molecular complexity index is 456. The fourth-order valence-corrected chi connectivity index (χ4v) is 1.51. The van der Waals surface area contributed by atoms with Gasteiger partial charge < -0.3 is 46.4 Å². The Kier molecular flexibility index (Phi) is 8.77. The van der Waals surface area contributed by atoms with Gasteiger partial charge in [-0.25, -0.2) is 0 Å². The Morgan fingerprint density at radius 2 is 1.83 bits per heavy atom. The molecular formula is C12H21N3O8. The number of esters is 1. The third-order valence-corrected chi connectivity index (χ3v) is 2.83. The lowest BCUT2D eigenvalue weighted by molar-refractivity contribution is -0.438. The van der Waals surface area contributed by atoms with Crippen LogP contribution in [0.5, 0.6) is 0 Å². The zero-order valence-electron chi connectivity index (χ0n) is 12.5. The summed E-state index contributed by atoms with van der Waals surface area (Å²) >= 11 is 0. The van der Waals surface area contributed by atoms with Crippen LogP contribution in [0.3, 0.4) is 0 Å². The van der Waals surface area contributed by atoms with Crippen molar-refractivity contribution in [1.29, 1.82) is 0 Å². The van der Waals surface area contributed by atoms with Crippen molar-refractivity contribution < 1.29 is 50.7 Å². The summed E-state index contributed by atoms with van der Waals surface area (Å²) in [6.45, 7) is 0.0962. The lowest BCUT2D eigenvalue weighted by atomic mass is 9.95. The number of aliphatic hydroxyl groups is 1. The molecule has 0 rings (SSSR count). The van der Waals surface area contributed by atoms with Crippen LogP contribution in [0.1, 0.15) is 19.3 Å². The predicted molar refractivity (Wildman–Crippen MR) is 67.2 cm³/mol. The molecular weight excluding hydrogens is 314 g/mol. The van der Waals surface area contributed by atoms with Crippen molar-refractivity contribution in [2.45, 2.75) is 30.9 Å². The summed E-state index contributed by atoms with van der Waals surface area (Å²) in [5.74, 6) is -5.29. The van der Waals surface area contributed by atoms with Gasteiger partial charge in [0.15, 0.2) is 0 Å². The van der Waals surface area contributed by atoms with E-state index in [1.54, 1.807) is 0 Å². The van der Waals surface area contributed by atoms with Gasteiger partial charge in [-0.15, -0.1) is 0 Å². The highest BCUT2D eigenvalue weighted by Crippen LogP contribution is 2.15. The molecule has 0 saturated heterocycles. The Morgan fingerprint density at radius 3 is 2.30 bits per heavy atom. The van der Waals surface area contributed by atoms with E-state index < -0.39 is 48.3 Å². The molecule has 0 aliphatic heterocycles. The molecule has 23 heavy (non-hydrogen) atoms. The van der Waals surface area contributed by atoms with Crippen molar-refractivity contribution in [3.8, 4) is 0 Å². The summed E-state index contributed by atoms with van der Waals surface area (Å²) in [6.07, 6.45) is -1.94. The number of rotatable bonds is 11. The van der Waals surface area contributed by atoms with Crippen LogP contribution in [0.25, 0.3) is 0 Å². The monoisotopic (exact) mass is 335 g/mol. The highest BCUT2D eigenvalue weighted by molar-refractivity contribution is 5.89. The van der Waals surface area contributed by atoms with Crippen molar-refractivity contribution in [2.24, 2.45) is 0 Å². The normalized spacial score (nSPS) is 14.4. The van der Waals surface area contributed by atoms with E-state index >= 15 is 0 Å². The molecule has 0 aromatic carbocycles. The third-order valence-electron chi connectivity index (χ3n) is 2.83. The molecule has 11 nitrogen and oxygen atoms in total. The average molecular weight is 335 g/mol. The molecule has 11 heteroatoms. The van der Waals surface area contributed by atoms with E-state index in [0.717, 1.165) is 0 Å². The number of carbonyl (C=O) groups is 4. The topological polar surface area (TPSA) is 211 Å². The van der Waals surface area contributed by atoms with Crippen LogP contribution in [0.2, 0.25) is 0 Å². The standard InChI is InChI=1S/C12H21N3O8/c13-2-4-23-9(17)6-12(22,11(20)21)5-8(16)15-3-1-7(14)10(18)19/h7,22H,1-6,13-14H2,(H,15,16)(H,18,19)(H,20,21). The maximum absolute atomic E-state index is 11.6. The molecule has 0 aromatic rings. The molecule has 0 aromatic heterocycles. The first-order chi connectivity index (χ1) is 10.6. The van der Waals surface area contributed by atoms with Gasteiger partial charge in [-0.3, -0.25) is 9.59 Å². The molecule has 1 amide bonds. The van der Waals surface area contributed by atoms with Gasteiger partial charge in [0.25, 0.3) is 0 Å². The van der Waals surface area contributed by atoms with E-state index in [0.29, 0.717) is 0 Å².